The van der Waals surface area contributed by atoms with Gasteiger partial charge in [-0.3, -0.25) is 4.79 Å². The van der Waals surface area contributed by atoms with Gasteiger partial charge >= 0.3 is 0 Å². The highest BCUT2D eigenvalue weighted by molar-refractivity contribution is 5.95. The molecular weight excluding hydrogens is 472 g/mol. The van der Waals surface area contributed by atoms with Gasteiger partial charge in [-0.15, -0.1) is 0 Å². The molecule has 7 nitrogen and oxygen atoms in total. The molecule has 4 fully saturated rings. The Morgan fingerprint density at radius 3 is 2.35 bits per heavy atom. The predicted molar refractivity (Wildman–Crippen MR) is 138 cm³/mol. The van der Waals surface area contributed by atoms with Crippen LogP contribution in [0.15, 0.2) is 11.6 Å². The lowest BCUT2D eigenvalue weighted by molar-refractivity contribution is -0.191. The van der Waals surface area contributed by atoms with Gasteiger partial charge in [0.25, 0.3) is 0 Å². The summed E-state index contributed by atoms with van der Waals surface area (Å²) in [5.41, 5.74) is -2.79. The summed E-state index contributed by atoms with van der Waals surface area (Å²) >= 11 is 0. The molecule has 4 aliphatic carbocycles. The zero-order valence-electron chi connectivity index (χ0n) is 23.7. The summed E-state index contributed by atoms with van der Waals surface area (Å²) in [5.74, 6) is -1.14. The first-order valence-electron chi connectivity index (χ1n) is 14.3. The minimum absolute atomic E-state index is 0.000157. The van der Waals surface area contributed by atoms with Crippen molar-refractivity contribution in [2.75, 3.05) is 0 Å². The molecule has 5 rings (SSSR count). The molecule has 0 aromatic carbocycles. The number of hydrogen-bond acceptors (Lipinski definition) is 7. The zero-order chi connectivity index (χ0) is 27.4. The number of ether oxygens (including phenoxy) is 2. The SMILES string of the molecule is CC(C)(O)CC[C@H]1OC(C)(C)O[C@]1(C)C1CC[C@@]2(O)C3=CC(=O)[C@@H]4C[C@@H](O)[C@@H](O)C[C@]4(C)[C@H]3CC[C@]12C. The molecule has 10 atom stereocenters. The van der Waals surface area contributed by atoms with E-state index in [1.165, 1.54) is 0 Å². The maximum atomic E-state index is 13.4. The van der Waals surface area contributed by atoms with E-state index >= 15 is 0 Å². The highest BCUT2D eigenvalue weighted by atomic mass is 16.8. The van der Waals surface area contributed by atoms with Crippen LogP contribution in [0, 0.1) is 28.6 Å². The standard InChI is InChI=1S/C30H48O7/c1-25(2,34)11-10-24-29(7,37-26(3,4)36-24)23-9-13-30(35)18-14-20(31)19-15-21(32)22(33)16-27(19,5)17(18)8-12-28(23,30)6/h14,17,19,21-24,32-35H,8-13,15-16H2,1-7H3/t17-,19-,21+,22-,23?,24+,27+,28+,29+,30+/m0/s1. The minimum atomic E-state index is -1.15. The number of carbonyl (C=O) groups excluding carboxylic acids is 1. The predicted octanol–water partition coefficient (Wildman–Crippen LogP) is 3.65. The number of fused-ring (bicyclic) bond motifs is 5. The molecule has 1 saturated heterocycles. The molecule has 37 heavy (non-hydrogen) atoms. The zero-order valence-corrected chi connectivity index (χ0v) is 23.7. The lowest BCUT2D eigenvalue weighted by Crippen LogP contribution is -2.62. The Morgan fingerprint density at radius 1 is 1.03 bits per heavy atom. The van der Waals surface area contributed by atoms with Crippen molar-refractivity contribution in [2.24, 2.45) is 28.6 Å². The van der Waals surface area contributed by atoms with Crippen LogP contribution in [-0.2, 0) is 14.3 Å². The van der Waals surface area contributed by atoms with Crippen molar-refractivity contribution in [1.82, 2.24) is 0 Å². The van der Waals surface area contributed by atoms with Crippen molar-refractivity contribution < 1.29 is 34.7 Å². The third kappa shape index (κ3) is 4.02. The summed E-state index contributed by atoms with van der Waals surface area (Å²) in [6.45, 7) is 13.8. The van der Waals surface area contributed by atoms with Crippen LogP contribution >= 0.6 is 0 Å². The van der Waals surface area contributed by atoms with Crippen molar-refractivity contribution in [3.05, 3.63) is 11.6 Å². The molecule has 1 unspecified atom stereocenters. The summed E-state index contributed by atoms with van der Waals surface area (Å²) in [7, 11) is 0. The van der Waals surface area contributed by atoms with Gasteiger partial charge in [0.15, 0.2) is 11.6 Å². The van der Waals surface area contributed by atoms with E-state index < -0.39 is 45.6 Å². The fourth-order valence-corrected chi connectivity index (χ4v) is 9.49. The van der Waals surface area contributed by atoms with Crippen LogP contribution in [0.1, 0.15) is 99.8 Å². The van der Waals surface area contributed by atoms with Gasteiger partial charge in [-0.2, -0.15) is 0 Å². The van der Waals surface area contributed by atoms with Crippen molar-refractivity contribution >= 4 is 5.78 Å². The van der Waals surface area contributed by atoms with Gasteiger partial charge in [0, 0.05) is 11.3 Å². The number of rotatable bonds is 4. The molecule has 0 aromatic rings. The molecule has 5 aliphatic rings. The Labute approximate surface area is 221 Å². The molecule has 0 bridgehead atoms. The average Bonchev–Trinajstić information content (AvgIpc) is 3.17. The van der Waals surface area contributed by atoms with E-state index in [4.69, 9.17) is 9.47 Å². The summed E-state index contributed by atoms with van der Waals surface area (Å²) < 4.78 is 13.1. The molecule has 0 radical (unpaired) electrons. The molecule has 0 aromatic heterocycles. The van der Waals surface area contributed by atoms with E-state index in [0.29, 0.717) is 25.7 Å². The number of ketones is 1. The Morgan fingerprint density at radius 2 is 1.70 bits per heavy atom. The highest BCUT2D eigenvalue weighted by Gasteiger charge is 2.71. The van der Waals surface area contributed by atoms with E-state index in [0.717, 1.165) is 24.8 Å². The van der Waals surface area contributed by atoms with Crippen LogP contribution in [0.2, 0.25) is 0 Å². The van der Waals surface area contributed by atoms with Crippen molar-refractivity contribution in [1.29, 1.82) is 0 Å². The van der Waals surface area contributed by atoms with Crippen molar-refractivity contribution in [2.45, 2.75) is 141 Å². The quantitative estimate of drug-likeness (QED) is 0.447. The molecule has 210 valence electrons. The van der Waals surface area contributed by atoms with Gasteiger partial charge in [0.05, 0.1) is 35.1 Å². The number of hydrogen-bond donors (Lipinski definition) is 4. The maximum Gasteiger partial charge on any atom is 0.164 e. The van der Waals surface area contributed by atoms with Crippen LogP contribution in [-0.4, -0.2) is 67.1 Å². The molecule has 4 N–H and O–H groups in total. The molecular formula is C30H48O7. The van der Waals surface area contributed by atoms with E-state index in [-0.39, 0.29) is 36.1 Å². The summed E-state index contributed by atoms with van der Waals surface area (Å²) in [4.78, 5) is 13.4. The molecule has 7 heteroatoms. The molecule has 3 saturated carbocycles. The molecule has 1 heterocycles. The number of allylic oxidation sites excluding steroid dienone is 1. The first kappa shape index (κ1) is 27.7. The molecule has 0 amide bonds. The Bertz CT molecular complexity index is 983. The van der Waals surface area contributed by atoms with Crippen LogP contribution < -0.4 is 0 Å². The van der Waals surface area contributed by atoms with Crippen LogP contribution in [0.25, 0.3) is 0 Å². The van der Waals surface area contributed by atoms with Crippen molar-refractivity contribution in [3.8, 4) is 0 Å². The van der Waals surface area contributed by atoms with E-state index in [9.17, 15) is 25.2 Å². The fraction of sp³-hybridized carbons (Fsp3) is 0.900. The van der Waals surface area contributed by atoms with Crippen LogP contribution in [0.5, 0.6) is 0 Å². The van der Waals surface area contributed by atoms with Gasteiger partial charge in [-0.05, 0) is 115 Å². The monoisotopic (exact) mass is 520 g/mol. The van der Waals surface area contributed by atoms with Crippen LogP contribution in [0.4, 0.5) is 0 Å². The topological polar surface area (TPSA) is 116 Å². The number of carbonyl (C=O) groups is 1. The lowest BCUT2D eigenvalue weighted by Gasteiger charge is -2.60. The molecule has 1 aliphatic heterocycles. The normalized spacial score (nSPS) is 51.3. The van der Waals surface area contributed by atoms with Gasteiger partial charge in [0.2, 0.25) is 0 Å². The van der Waals surface area contributed by atoms with E-state index in [1.54, 1.807) is 6.08 Å². The number of aliphatic hydroxyl groups excluding tert-OH is 2. The second kappa shape index (κ2) is 8.34. The first-order valence-corrected chi connectivity index (χ1v) is 14.3. The Balaban J connectivity index is 1.51. The van der Waals surface area contributed by atoms with Gasteiger partial charge in [-0.1, -0.05) is 13.8 Å². The summed E-state index contributed by atoms with van der Waals surface area (Å²) in [6, 6.07) is 0. The highest BCUT2D eigenvalue weighted by Crippen LogP contribution is 2.69. The minimum Gasteiger partial charge on any atom is -0.390 e. The molecule has 0 spiro atoms. The third-order valence-corrected chi connectivity index (χ3v) is 11.4. The van der Waals surface area contributed by atoms with E-state index in [1.807, 2.05) is 27.7 Å². The van der Waals surface area contributed by atoms with Crippen LogP contribution in [0.3, 0.4) is 0 Å². The second-order valence-electron chi connectivity index (χ2n) is 14.7. The van der Waals surface area contributed by atoms with E-state index in [2.05, 4.69) is 20.8 Å². The largest absolute Gasteiger partial charge is 0.390 e. The third-order valence-electron chi connectivity index (χ3n) is 11.4. The second-order valence-corrected chi connectivity index (χ2v) is 14.7. The first-order chi connectivity index (χ1) is 16.9. The number of aliphatic hydroxyl groups is 4. The maximum absolute atomic E-state index is 13.4. The summed E-state index contributed by atoms with van der Waals surface area (Å²) in [5, 5.41) is 43.9. The Hall–Kier alpha value is -0.830. The fourth-order valence-electron chi connectivity index (χ4n) is 9.49. The Kier molecular flexibility index (Phi) is 6.25. The summed E-state index contributed by atoms with van der Waals surface area (Å²) in [6.07, 6.45) is 4.51. The van der Waals surface area contributed by atoms with Gasteiger partial charge in [-0.25, -0.2) is 0 Å². The van der Waals surface area contributed by atoms with Crippen molar-refractivity contribution in [3.63, 3.8) is 0 Å². The van der Waals surface area contributed by atoms with Gasteiger partial charge in [0.1, 0.15) is 0 Å². The lowest BCUT2D eigenvalue weighted by atomic mass is 9.45. The average molecular weight is 521 g/mol. The van der Waals surface area contributed by atoms with Gasteiger partial charge < -0.3 is 29.9 Å². The smallest absolute Gasteiger partial charge is 0.164 e.